The zero-order valence-electron chi connectivity index (χ0n) is 29.8. The fourth-order valence-corrected chi connectivity index (χ4v) is 4.77. The molecule has 0 saturated heterocycles. The van der Waals surface area contributed by atoms with Gasteiger partial charge in [0.2, 0.25) is 0 Å². The summed E-state index contributed by atoms with van der Waals surface area (Å²) in [4.78, 5) is 37.5. The molecule has 11 heteroatoms. The number of rotatable bonds is 1. The van der Waals surface area contributed by atoms with Crippen molar-refractivity contribution in [2.45, 2.75) is 68.2 Å². The first kappa shape index (κ1) is 49.9. The Kier molecular flexibility index (Phi) is 29.9. The molecule has 5 N–H and O–H groups in total. The van der Waals surface area contributed by atoms with E-state index >= 15 is 0 Å². The summed E-state index contributed by atoms with van der Waals surface area (Å²) in [6.45, 7) is 16.0. The zero-order valence-corrected chi connectivity index (χ0v) is 39.9. The van der Waals surface area contributed by atoms with E-state index in [-0.39, 0.29) is 16.5 Å². The van der Waals surface area contributed by atoms with Gasteiger partial charge in [0, 0.05) is 27.9 Å². The van der Waals surface area contributed by atoms with Gasteiger partial charge in [0.15, 0.2) is 11.6 Å². The summed E-state index contributed by atoms with van der Waals surface area (Å²) in [5, 5.41) is 2.51. The van der Waals surface area contributed by atoms with Crippen LogP contribution in [0.3, 0.4) is 0 Å². The first-order chi connectivity index (χ1) is 23.7. The average Bonchev–Trinajstić information content (AvgIpc) is 3.13. The van der Waals surface area contributed by atoms with Crippen molar-refractivity contribution in [1.29, 1.82) is 0 Å². The predicted octanol–water partition coefficient (Wildman–Crippen LogP) is 12.5. The van der Waals surface area contributed by atoms with Gasteiger partial charge in [-0.3, -0.25) is 9.59 Å². The molecule has 0 radical (unpaired) electrons. The summed E-state index contributed by atoms with van der Waals surface area (Å²) in [5.41, 5.74) is 18.8. The molecule has 0 aliphatic heterocycles. The third-order valence-electron chi connectivity index (χ3n) is 6.33. The monoisotopic (exact) mass is 1150 g/mol. The standard InChI is InChI=1S/C15H12N2O2.C14H11NO.4C2H6.CH3I.3HI.V/c16-15(19)17-12-7-3-5-10-8-9-4-1-2-6-11(9)14(18)13(10)12;15-12-7-3-5-10-8-9-4-1-2-6-11(9)14(16)13(10)12;5*1-2;;;;/h1-7H,8H2,(H3,16,17,19);1-7H,8,15H2;4*1-2H3;1H3;3*1H;/q;;;;;;;;;;+3/p-3. The molecule has 2 amide bonds. The molecular formula is C38H50I4N3O3V. The number of carbonyl (C=O) groups is 3. The number of nitrogen functional groups attached to an aromatic ring is 1. The molecule has 0 heterocycles. The van der Waals surface area contributed by atoms with E-state index in [9.17, 15) is 14.4 Å². The van der Waals surface area contributed by atoms with Gasteiger partial charge in [-0.15, -0.1) is 0 Å². The van der Waals surface area contributed by atoms with Crippen LogP contribution < -0.4 is 16.8 Å². The van der Waals surface area contributed by atoms with Crippen molar-refractivity contribution in [2.75, 3.05) is 16.0 Å². The van der Waals surface area contributed by atoms with Crippen LogP contribution >= 0.6 is 82.5 Å². The molecule has 0 bridgehead atoms. The van der Waals surface area contributed by atoms with E-state index in [0.717, 1.165) is 34.2 Å². The number of nitrogens with one attached hydrogen (secondary N) is 1. The molecule has 6 rings (SSSR count). The fourth-order valence-electron chi connectivity index (χ4n) is 4.77. The van der Waals surface area contributed by atoms with Crippen LogP contribution in [-0.4, -0.2) is 22.5 Å². The third-order valence-corrected chi connectivity index (χ3v) is 6.33. The molecule has 2 aliphatic rings. The number of hydrogen-bond donors (Lipinski definition) is 3. The second kappa shape index (κ2) is 29.4. The number of ketones is 2. The van der Waals surface area contributed by atoms with Gasteiger partial charge in [0.05, 0.1) is 5.69 Å². The van der Waals surface area contributed by atoms with Crippen molar-refractivity contribution in [3.63, 3.8) is 0 Å². The number of anilines is 2. The van der Waals surface area contributed by atoms with Crippen LogP contribution in [0.4, 0.5) is 16.2 Å². The molecule has 0 saturated carbocycles. The molecule has 2 aliphatic carbocycles. The summed E-state index contributed by atoms with van der Waals surface area (Å²) in [6.07, 6.45) is 1.48. The Morgan fingerprint density at radius 3 is 1.37 bits per heavy atom. The van der Waals surface area contributed by atoms with Crippen molar-refractivity contribution in [1.82, 2.24) is 0 Å². The Morgan fingerprint density at radius 2 is 0.939 bits per heavy atom. The summed E-state index contributed by atoms with van der Waals surface area (Å²) >= 11 is 9.54. The third kappa shape index (κ3) is 15.9. The van der Waals surface area contributed by atoms with Crippen LogP contribution in [0.2, 0.25) is 0 Å². The number of hydrogen-bond acceptors (Lipinski definition) is 4. The Balaban J connectivity index is 0. The minimum absolute atomic E-state index is 0.0509. The van der Waals surface area contributed by atoms with Gasteiger partial charge in [-0.05, 0) is 52.2 Å². The summed E-state index contributed by atoms with van der Waals surface area (Å²) < 4.78 is 0. The van der Waals surface area contributed by atoms with E-state index in [1.165, 1.54) is 0 Å². The number of carbonyl (C=O) groups excluding carboxylic acids is 3. The van der Waals surface area contributed by atoms with Crippen molar-refractivity contribution in [3.8, 4) is 0 Å². The Labute approximate surface area is 346 Å². The molecule has 0 atom stereocenters. The topological polar surface area (TPSA) is 115 Å². The Hall–Kier alpha value is -1.21. The number of fused-ring (bicyclic) bond motifs is 4. The molecule has 49 heavy (non-hydrogen) atoms. The number of alkyl halides is 1. The number of benzene rings is 4. The first-order valence-electron chi connectivity index (χ1n) is 16.1. The second-order valence-electron chi connectivity index (χ2n) is 8.73. The maximum atomic E-state index is 12.5. The van der Waals surface area contributed by atoms with Gasteiger partial charge >= 0.3 is 70.9 Å². The molecule has 4 aromatic carbocycles. The SMILES string of the molecule is CC.CC.CC.CC.CI.NC(=O)Nc1cccc2c1C(=O)c1ccccc1C2.Nc1cccc2c1C(=O)c1ccccc1C2.[I][V]([I])[I]. The van der Waals surface area contributed by atoms with Gasteiger partial charge in [0.25, 0.3) is 0 Å². The molecule has 6 nitrogen and oxygen atoms in total. The maximum absolute atomic E-state index is 12.5. The van der Waals surface area contributed by atoms with Crippen LogP contribution in [0.5, 0.6) is 0 Å². The van der Waals surface area contributed by atoms with E-state index in [1.807, 2.05) is 133 Å². The number of amides is 2. The van der Waals surface area contributed by atoms with Crippen LogP contribution in [0.15, 0.2) is 84.9 Å². The van der Waals surface area contributed by atoms with E-state index in [2.05, 4.69) is 87.8 Å². The molecular weight excluding hydrogens is 1100 g/mol. The number of primary amides is 1. The summed E-state index contributed by atoms with van der Waals surface area (Å²) in [7, 11) is 0. The van der Waals surface area contributed by atoms with Crippen LogP contribution in [-0.2, 0) is 17.8 Å². The zero-order chi connectivity index (χ0) is 38.1. The molecule has 0 unspecified atom stereocenters. The van der Waals surface area contributed by atoms with Gasteiger partial charge in [0.1, 0.15) is 0 Å². The van der Waals surface area contributed by atoms with Crippen LogP contribution in [0.1, 0.15) is 109 Å². The second-order valence-corrected chi connectivity index (χ2v) is 44.1. The molecule has 0 aromatic heterocycles. The summed E-state index contributed by atoms with van der Waals surface area (Å²) in [6, 6.07) is 25.6. The van der Waals surface area contributed by atoms with Crippen molar-refractivity contribution < 1.29 is 19.3 Å². The van der Waals surface area contributed by atoms with E-state index in [1.54, 1.807) is 12.1 Å². The normalized spacial score (nSPS) is 10.5. The van der Waals surface area contributed by atoms with Gasteiger partial charge in [-0.25, -0.2) is 4.79 Å². The van der Waals surface area contributed by atoms with Gasteiger partial charge < -0.3 is 16.8 Å². The molecule has 4 aromatic rings. The number of urea groups is 1. The van der Waals surface area contributed by atoms with E-state index in [0.29, 0.717) is 34.5 Å². The predicted molar refractivity (Wildman–Crippen MR) is 243 cm³/mol. The van der Waals surface area contributed by atoms with Crippen LogP contribution in [0.25, 0.3) is 0 Å². The van der Waals surface area contributed by atoms with E-state index in [4.69, 9.17) is 11.5 Å². The molecule has 268 valence electrons. The summed E-state index contributed by atoms with van der Waals surface area (Å²) in [5.74, 6) is -0.0175. The van der Waals surface area contributed by atoms with Crippen LogP contribution in [0, 0.1) is 0 Å². The van der Waals surface area contributed by atoms with Gasteiger partial charge in [-0.1, -0.05) is 151 Å². The Morgan fingerprint density at radius 1 is 0.592 bits per heavy atom. The van der Waals surface area contributed by atoms with Gasteiger partial charge in [-0.2, -0.15) is 0 Å². The van der Waals surface area contributed by atoms with Crippen molar-refractivity contribution in [3.05, 3.63) is 129 Å². The molecule has 0 fully saturated rings. The Bertz CT molecular complexity index is 1580. The first-order valence-corrected chi connectivity index (χ1v) is 31.8. The average molecular weight is 1160 g/mol. The van der Waals surface area contributed by atoms with Crippen molar-refractivity contribution in [2.24, 2.45) is 5.73 Å². The molecule has 0 spiro atoms. The van der Waals surface area contributed by atoms with E-state index < -0.39 is 6.03 Å². The number of halogens is 4. The number of nitrogens with two attached hydrogens (primary N) is 2. The fraction of sp³-hybridized carbons (Fsp3) is 0.289. The minimum atomic E-state index is -0.667. The van der Waals surface area contributed by atoms with Crippen molar-refractivity contribution >= 4 is 111 Å². The quantitative estimate of drug-likeness (QED) is 0.0864.